The number of pyridine rings is 2. The number of carboxylic acid groups (broad SMARTS) is 1. The first-order valence-corrected chi connectivity index (χ1v) is 21.5. The number of amides is 1. The number of carboxylic acids is 1. The maximum absolute atomic E-state index is 13.5. The van der Waals surface area contributed by atoms with Gasteiger partial charge in [-0.25, -0.2) is 14.8 Å². The number of benzene rings is 4. The molecule has 308 valence electrons. The summed E-state index contributed by atoms with van der Waals surface area (Å²) in [5.41, 5.74) is 6.09. The summed E-state index contributed by atoms with van der Waals surface area (Å²) in [6.45, 7) is 17.6. The second kappa shape index (κ2) is 21.5. The number of nitrogens with one attached hydrogen (secondary N) is 1. The summed E-state index contributed by atoms with van der Waals surface area (Å²) >= 11 is 0. The third kappa shape index (κ3) is 11.0. The van der Waals surface area contributed by atoms with Crippen LogP contribution in [0.4, 0.5) is 0 Å². The van der Waals surface area contributed by atoms with Crippen molar-refractivity contribution in [2.75, 3.05) is 52.4 Å². The highest BCUT2D eigenvalue weighted by molar-refractivity contribution is 6.07. The largest absolute Gasteiger partial charge is 0.478 e. The van der Waals surface area contributed by atoms with Crippen LogP contribution < -0.4 is 5.32 Å². The smallest absolute Gasteiger partial charge is 0.336 e. The van der Waals surface area contributed by atoms with Gasteiger partial charge in [-0.2, -0.15) is 0 Å². The van der Waals surface area contributed by atoms with E-state index in [-0.39, 0.29) is 11.5 Å². The van der Waals surface area contributed by atoms with E-state index in [1.807, 2.05) is 114 Å². The van der Waals surface area contributed by atoms with E-state index in [0.717, 1.165) is 78.3 Å². The van der Waals surface area contributed by atoms with Gasteiger partial charge in [-0.1, -0.05) is 125 Å². The lowest BCUT2D eigenvalue weighted by Gasteiger charge is -2.37. The van der Waals surface area contributed by atoms with Gasteiger partial charge in [-0.3, -0.25) is 4.79 Å². The number of fused-ring (bicyclic) bond motifs is 2. The van der Waals surface area contributed by atoms with Gasteiger partial charge in [0.2, 0.25) is 0 Å². The van der Waals surface area contributed by atoms with E-state index in [2.05, 4.69) is 47.8 Å². The lowest BCUT2D eigenvalue weighted by Crippen LogP contribution is -2.46. The molecule has 0 atom stereocenters. The Labute approximate surface area is 350 Å². The Morgan fingerprint density at radius 1 is 0.593 bits per heavy atom. The van der Waals surface area contributed by atoms with Crippen LogP contribution in [-0.4, -0.2) is 106 Å². The van der Waals surface area contributed by atoms with Crippen LogP contribution in [0.5, 0.6) is 0 Å². The molecule has 2 aliphatic heterocycles. The van der Waals surface area contributed by atoms with E-state index in [9.17, 15) is 14.7 Å². The van der Waals surface area contributed by atoms with Crippen LogP contribution in [0, 0.1) is 0 Å². The molecule has 4 heterocycles. The summed E-state index contributed by atoms with van der Waals surface area (Å²) in [7, 11) is 0. The van der Waals surface area contributed by atoms with E-state index in [4.69, 9.17) is 4.98 Å². The van der Waals surface area contributed by atoms with Crippen molar-refractivity contribution in [1.82, 2.24) is 30.0 Å². The molecule has 0 bridgehead atoms. The first kappa shape index (κ1) is 43.1. The van der Waals surface area contributed by atoms with E-state index in [1.165, 1.54) is 39.0 Å². The van der Waals surface area contributed by atoms with Crippen molar-refractivity contribution in [1.29, 1.82) is 0 Å². The Kier molecular flexibility index (Phi) is 15.7. The van der Waals surface area contributed by atoms with Crippen LogP contribution in [0.3, 0.4) is 0 Å². The Hall–Kier alpha value is -5.48. The average molecular weight is 793 g/mol. The Bertz CT molecular complexity index is 2240. The number of hydrogen-bond donors (Lipinski definition) is 2. The Morgan fingerprint density at radius 2 is 1.00 bits per heavy atom. The SMILES string of the molecule is CCN(CC)C1CCN(C(=O)c2cc(-c3ccccc3)nc3ccccc23)CC1.CCN(CC)C1CCNCC1.O=C(O)c1cc(-c2ccccc2)nc2ccccc12. The zero-order valence-corrected chi connectivity index (χ0v) is 35.2. The maximum Gasteiger partial charge on any atom is 0.336 e. The molecule has 0 spiro atoms. The second-order valence-corrected chi connectivity index (χ2v) is 15.1. The zero-order chi connectivity index (χ0) is 41.6. The van der Waals surface area contributed by atoms with Crippen LogP contribution in [0.2, 0.25) is 0 Å². The number of para-hydroxylation sites is 2. The van der Waals surface area contributed by atoms with Crippen molar-refractivity contribution in [3.8, 4) is 22.5 Å². The third-order valence-corrected chi connectivity index (χ3v) is 11.8. The molecule has 2 saturated heterocycles. The topological polar surface area (TPSA) is 102 Å². The molecule has 4 aromatic carbocycles. The summed E-state index contributed by atoms with van der Waals surface area (Å²) in [5, 5.41) is 14.3. The molecule has 9 nitrogen and oxygen atoms in total. The molecular formula is C50H60N6O3. The predicted molar refractivity (Wildman–Crippen MR) is 242 cm³/mol. The molecular weight excluding hydrogens is 733 g/mol. The molecule has 0 saturated carbocycles. The molecule has 9 heteroatoms. The van der Waals surface area contributed by atoms with Crippen LogP contribution in [0.25, 0.3) is 44.3 Å². The Balaban J connectivity index is 0.000000166. The quantitative estimate of drug-likeness (QED) is 0.142. The fourth-order valence-electron chi connectivity index (χ4n) is 8.47. The Morgan fingerprint density at radius 3 is 1.46 bits per heavy atom. The van der Waals surface area contributed by atoms with Crippen LogP contribution in [0.1, 0.15) is 74.1 Å². The van der Waals surface area contributed by atoms with Gasteiger partial charge in [0.05, 0.1) is 33.5 Å². The van der Waals surface area contributed by atoms with Gasteiger partial charge in [0.25, 0.3) is 5.91 Å². The van der Waals surface area contributed by atoms with Gasteiger partial charge >= 0.3 is 5.97 Å². The number of likely N-dealkylation sites (tertiary alicyclic amines) is 1. The minimum absolute atomic E-state index is 0.124. The number of piperidine rings is 2. The molecule has 0 aliphatic carbocycles. The summed E-state index contributed by atoms with van der Waals surface area (Å²) in [5.74, 6) is -0.811. The molecule has 0 unspecified atom stereocenters. The van der Waals surface area contributed by atoms with Gasteiger partial charge in [-0.15, -0.1) is 0 Å². The standard InChI is InChI=1S/C25H29N3O.C16H11NO2.C9H20N2/c1-3-27(4-2)20-14-16-28(17-15-20)25(29)22-18-24(19-10-6-5-7-11-19)26-23-13-9-8-12-21(22)23;18-16(19)13-10-15(11-6-2-1-3-7-11)17-14-9-5-4-8-12(13)14;1-3-11(4-2)9-5-7-10-8-6-9/h5-13,18,20H,3-4,14-17H2,1-2H3;1-10H,(H,18,19);9-10H,3-8H2,1-2H3. The lowest BCUT2D eigenvalue weighted by atomic mass is 9.99. The highest BCUT2D eigenvalue weighted by Crippen LogP contribution is 2.28. The molecule has 6 aromatic rings. The summed E-state index contributed by atoms with van der Waals surface area (Å²) in [6.07, 6.45) is 4.76. The van der Waals surface area contributed by atoms with E-state index < -0.39 is 5.97 Å². The molecule has 0 radical (unpaired) electrons. The number of aromatic nitrogens is 2. The first-order valence-electron chi connectivity index (χ1n) is 21.5. The van der Waals surface area contributed by atoms with Crippen molar-refractivity contribution in [2.24, 2.45) is 0 Å². The molecule has 2 aliphatic rings. The van der Waals surface area contributed by atoms with E-state index in [1.54, 1.807) is 12.1 Å². The average Bonchev–Trinajstić information content (AvgIpc) is 3.30. The molecule has 59 heavy (non-hydrogen) atoms. The maximum atomic E-state index is 13.5. The predicted octanol–water partition coefficient (Wildman–Crippen LogP) is 9.53. The van der Waals surface area contributed by atoms with Gasteiger partial charge in [0, 0.05) is 47.1 Å². The van der Waals surface area contributed by atoms with Crippen molar-refractivity contribution in [3.63, 3.8) is 0 Å². The fraction of sp³-hybridized carbons (Fsp3) is 0.360. The van der Waals surface area contributed by atoms with Crippen molar-refractivity contribution in [3.05, 3.63) is 132 Å². The van der Waals surface area contributed by atoms with Crippen molar-refractivity contribution < 1.29 is 14.7 Å². The van der Waals surface area contributed by atoms with Gasteiger partial charge in [0.15, 0.2) is 0 Å². The first-order chi connectivity index (χ1) is 28.8. The van der Waals surface area contributed by atoms with E-state index >= 15 is 0 Å². The summed E-state index contributed by atoms with van der Waals surface area (Å²) in [6, 6.07) is 39.9. The third-order valence-electron chi connectivity index (χ3n) is 11.8. The lowest BCUT2D eigenvalue weighted by molar-refractivity contribution is 0.0632. The highest BCUT2D eigenvalue weighted by atomic mass is 16.4. The number of carbonyl (C=O) groups excluding carboxylic acids is 1. The number of carbonyl (C=O) groups is 2. The fourth-order valence-corrected chi connectivity index (χ4v) is 8.47. The number of nitrogens with zero attached hydrogens (tertiary/aromatic N) is 5. The van der Waals surface area contributed by atoms with Crippen LogP contribution in [0.15, 0.2) is 121 Å². The van der Waals surface area contributed by atoms with Gasteiger partial charge in [-0.05, 0) is 89.2 Å². The number of rotatable bonds is 10. The summed E-state index contributed by atoms with van der Waals surface area (Å²) < 4.78 is 0. The zero-order valence-electron chi connectivity index (χ0n) is 35.2. The van der Waals surface area contributed by atoms with E-state index in [0.29, 0.717) is 22.6 Å². The minimum Gasteiger partial charge on any atom is -0.478 e. The van der Waals surface area contributed by atoms with Gasteiger partial charge < -0.3 is 25.1 Å². The molecule has 2 fully saturated rings. The minimum atomic E-state index is -0.934. The molecule has 8 rings (SSSR count). The second-order valence-electron chi connectivity index (χ2n) is 15.1. The number of aromatic carboxylic acids is 1. The number of hydrogen-bond acceptors (Lipinski definition) is 7. The molecule has 2 aromatic heterocycles. The van der Waals surface area contributed by atoms with Crippen molar-refractivity contribution in [2.45, 2.75) is 65.5 Å². The van der Waals surface area contributed by atoms with Crippen molar-refractivity contribution >= 4 is 33.7 Å². The summed E-state index contributed by atoms with van der Waals surface area (Å²) in [4.78, 5) is 41.3. The normalized spacial score (nSPS) is 14.8. The molecule has 2 N–H and O–H groups in total. The van der Waals surface area contributed by atoms with Crippen LogP contribution >= 0.6 is 0 Å². The van der Waals surface area contributed by atoms with Crippen LogP contribution in [-0.2, 0) is 0 Å². The van der Waals surface area contributed by atoms with Gasteiger partial charge in [0.1, 0.15) is 0 Å². The monoisotopic (exact) mass is 792 g/mol. The molecule has 1 amide bonds. The highest BCUT2D eigenvalue weighted by Gasteiger charge is 2.27.